The van der Waals surface area contributed by atoms with Gasteiger partial charge in [0.15, 0.2) is 0 Å². The van der Waals surface area contributed by atoms with Crippen LogP contribution in [0, 0.1) is 0 Å². The number of hydrogen-bond donors (Lipinski definition) is 0. The molecule has 0 aromatic carbocycles. The molecule has 2 atom stereocenters. The van der Waals surface area contributed by atoms with Crippen molar-refractivity contribution >= 4 is 5.97 Å². The Bertz CT molecular complexity index is 239. The highest BCUT2D eigenvalue weighted by molar-refractivity contribution is 5.82. The van der Waals surface area contributed by atoms with Crippen LogP contribution in [0.5, 0.6) is 0 Å². The predicted molar refractivity (Wildman–Crippen MR) is 55.3 cm³/mol. The van der Waals surface area contributed by atoms with Gasteiger partial charge in [-0.25, -0.2) is 4.79 Å². The SMILES string of the molecule is CCC(OCC1CO1)OC(=O)C=C(C)C. The van der Waals surface area contributed by atoms with Gasteiger partial charge in [-0.3, -0.25) is 0 Å². The molecular weight excluding hydrogens is 196 g/mol. The molecule has 0 radical (unpaired) electrons. The lowest BCUT2D eigenvalue weighted by molar-refractivity contribution is -0.174. The molecule has 0 amide bonds. The van der Waals surface area contributed by atoms with Crippen molar-refractivity contribution < 1.29 is 19.0 Å². The van der Waals surface area contributed by atoms with Gasteiger partial charge in [0, 0.05) is 12.5 Å². The molecule has 1 aliphatic rings. The second kappa shape index (κ2) is 5.88. The van der Waals surface area contributed by atoms with Crippen molar-refractivity contribution in [3.05, 3.63) is 11.6 Å². The van der Waals surface area contributed by atoms with Crippen LogP contribution < -0.4 is 0 Å². The third kappa shape index (κ3) is 5.54. The van der Waals surface area contributed by atoms with Crippen LogP contribution in [0.1, 0.15) is 27.2 Å². The third-order valence-corrected chi connectivity index (χ3v) is 1.86. The Balaban J connectivity index is 2.24. The molecule has 4 heteroatoms. The van der Waals surface area contributed by atoms with Crippen LogP contribution in [-0.2, 0) is 19.0 Å². The van der Waals surface area contributed by atoms with Gasteiger partial charge in [-0.15, -0.1) is 0 Å². The largest absolute Gasteiger partial charge is 0.433 e. The minimum Gasteiger partial charge on any atom is -0.433 e. The molecule has 0 aliphatic carbocycles. The second-order valence-corrected chi connectivity index (χ2v) is 3.79. The van der Waals surface area contributed by atoms with Crippen molar-refractivity contribution in [1.29, 1.82) is 0 Å². The zero-order chi connectivity index (χ0) is 11.3. The zero-order valence-corrected chi connectivity index (χ0v) is 9.49. The first-order chi connectivity index (χ1) is 7.11. The lowest BCUT2D eigenvalue weighted by Gasteiger charge is -2.15. The number of rotatable bonds is 6. The van der Waals surface area contributed by atoms with Gasteiger partial charge >= 0.3 is 5.97 Å². The normalized spacial score (nSPS) is 20.6. The predicted octanol–water partition coefficient (Wildman–Crippen LogP) is 1.65. The van der Waals surface area contributed by atoms with Crippen molar-refractivity contribution in [2.75, 3.05) is 13.2 Å². The Hall–Kier alpha value is -0.870. The number of hydrogen-bond acceptors (Lipinski definition) is 4. The van der Waals surface area contributed by atoms with Crippen LogP contribution in [0.3, 0.4) is 0 Å². The van der Waals surface area contributed by atoms with E-state index in [9.17, 15) is 4.79 Å². The highest BCUT2D eigenvalue weighted by atomic mass is 16.7. The van der Waals surface area contributed by atoms with E-state index in [1.807, 2.05) is 20.8 Å². The lowest BCUT2D eigenvalue weighted by atomic mass is 10.3. The molecule has 1 heterocycles. The van der Waals surface area contributed by atoms with Gasteiger partial charge in [-0.1, -0.05) is 12.5 Å². The van der Waals surface area contributed by atoms with Gasteiger partial charge in [-0.2, -0.15) is 0 Å². The van der Waals surface area contributed by atoms with Crippen molar-refractivity contribution in [3.63, 3.8) is 0 Å². The molecule has 0 bridgehead atoms. The first-order valence-corrected chi connectivity index (χ1v) is 5.20. The van der Waals surface area contributed by atoms with Crippen molar-refractivity contribution in [3.8, 4) is 0 Å². The van der Waals surface area contributed by atoms with Crippen molar-refractivity contribution in [1.82, 2.24) is 0 Å². The van der Waals surface area contributed by atoms with Crippen LogP contribution in [-0.4, -0.2) is 31.6 Å². The third-order valence-electron chi connectivity index (χ3n) is 1.86. The summed E-state index contributed by atoms with van der Waals surface area (Å²) in [4.78, 5) is 11.3. The summed E-state index contributed by atoms with van der Waals surface area (Å²) in [6.45, 7) is 6.86. The summed E-state index contributed by atoms with van der Waals surface area (Å²) in [7, 11) is 0. The van der Waals surface area contributed by atoms with Crippen LogP contribution in [0.4, 0.5) is 0 Å². The molecule has 1 saturated heterocycles. The van der Waals surface area contributed by atoms with Gasteiger partial charge < -0.3 is 14.2 Å². The van der Waals surface area contributed by atoms with E-state index < -0.39 is 6.29 Å². The van der Waals surface area contributed by atoms with Crippen LogP contribution in [0.15, 0.2) is 11.6 Å². The Morgan fingerprint density at radius 2 is 2.27 bits per heavy atom. The van der Waals surface area contributed by atoms with E-state index in [4.69, 9.17) is 14.2 Å². The Morgan fingerprint density at radius 3 is 2.73 bits per heavy atom. The fraction of sp³-hybridized carbons (Fsp3) is 0.727. The highest BCUT2D eigenvalue weighted by Crippen LogP contribution is 2.11. The first-order valence-electron chi connectivity index (χ1n) is 5.20. The number of carbonyl (C=O) groups excluding carboxylic acids is 1. The average molecular weight is 214 g/mol. The highest BCUT2D eigenvalue weighted by Gasteiger charge is 2.24. The zero-order valence-electron chi connectivity index (χ0n) is 9.49. The Labute approximate surface area is 90.2 Å². The van der Waals surface area contributed by atoms with Crippen molar-refractivity contribution in [2.24, 2.45) is 0 Å². The number of ether oxygens (including phenoxy) is 3. The fourth-order valence-corrected chi connectivity index (χ4v) is 1.01. The van der Waals surface area contributed by atoms with E-state index in [1.165, 1.54) is 6.08 Å². The summed E-state index contributed by atoms with van der Waals surface area (Å²) in [5, 5.41) is 0. The number of epoxide rings is 1. The van der Waals surface area contributed by atoms with E-state index in [0.717, 1.165) is 12.2 Å². The van der Waals surface area contributed by atoms with Crippen molar-refractivity contribution in [2.45, 2.75) is 39.6 Å². The second-order valence-electron chi connectivity index (χ2n) is 3.79. The first kappa shape index (κ1) is 12.2. The van der Waals surface area contributed by atoms with Gasteiger partial charge in [-0.05, 0) is 13.8 Å². The summed E-state index contributed by atoms with van der Waals surface area (Å²) >= 11 is 0. The molecule has 1 aliphatic heterocycles. The topological polar surface area (TPSA) is 48.1 Å². The average Bonchev–Trinajstić information content (AvgIpc) is 2.94. The van der Waals surface area contributed by atoms with Gasteiger partial charge in [0.25, 0.3) is 0 Å². The summed E-state index contributed by atoms with van der Waals surface area (Å²) in [6.07, 6.45) is 1.84. The maximum atomic E-state index is 11.3. The lowest BCUT2D eigenvalue weighted by Crippen LogP contribution is -2.21. The fourth-order valence-electron chi connectivity index (χ4n) is 1.01. The standard InChI is InChI=1S/C11H18O4/c1-4-11(14-7-9-6-13-9)15-10(12)5-8(2)3/h5,9,11H,4,6-7H2,1-3H3. The summed E-state index contributed by atoms with van der Waals surface area (Å²) in [5.74, 6) is -0.349. The number of allylic oxidation sites excluding steroid dienone is 1. The van der Waals surface area contributed by atoms with E-state index in [2.05, 4.69) is 0 Å². The molecule has 0 spiro atoms. The van der Waals surface area contributed by atoms with E-state index in [-0.39, 0.29) is 12.1 Å². The molecule has 0 aromatic rings. The van der Waals surface area contributed by atoms with Crippen LogP contribution >= 0.6 is 0 Å². The molecule has 2 unspecified atom stereocenters. The molecule has 1 rings (SSSR count). The van der Waals surface area contributed by atoms with Crippen LogP contribution in [0.2, 0.25) is 0 Å². The van der Waals surface area contributed by atoms with Crippen LogP contribution in [0.25, 0.3) is 0 Å². The smallest absolute Gasteiger partial charge is 0.332 e. The molecule has 15 heavy (non-hydrogen) atoms. The monoisotopic (exact) mass is 214 g/mol. The van der Waals surface area contributed by atoms with E-state index in [1.54, 1.807) is 0 Å². The minimum atomic E-state index is -0.461. The Morgan fingerprint density at radius 1 is 1.60 bits per heavy atom. The summed E-state index contributed by atoms with van der Waals surface area (Å²) in [6, 6.07) is 0. The Kier molecular flexibility index (Phi) is 4.78. The molecule has 0 N–H and O–H groups in total. The molecule has 0 aromatic heterocycles. The molecule has 0 saturated carbocycles. The van der Waals surface area contributed by atoms with E-state index in [0.29, 0.717) is 13.0 Å². The summed E-state index contributed by atoms with van der Waals surface area (Å²) in [5.41, 5.74) is 0.917. The number of esters is 1. The molecule has 86 valence electrons. The van der Waals surface area contributed by atoms with Gasteiger partial charge in [0.2, 0.25) is 6.29 Å². The molecule has 1 fully saturated rings. The quantitative estimate of drug-likeness (QED) is 0.292. The minimum absolute atomic E-state index is 0.196. The maximum Gasteiger partial charge on any atom is 0.332 e. The summed E-state index contributed by atoms with van der Waals surface area (Å²) < 4.78 is 15.5. The van der Waals surface area contributed by atoms with Gasteiger partial charge in [0.1, 0.15) is 6.10 Å². The van der Waals surface area contributed by atoms with Gasteiger partial charge in [0.05, 0.1) is 13.2 Å². The molecular formula is C11H18O4. The number of carbonyl (C=O) groups is 1. The van der Waals surface area contributed by atoms with E-state index >= 15 is 0 Å². The molecule has 4 nitrogen and oxygen atoms in total. The maximum absolute atomic E-state index is 11.3.